The Bertz CT molecular complexity index is 1060. The molecular formula is C17H12ClN3O5. The highest BCUT2D eigenvalue weighted by atomic mass is 35.5. The van der Waals surface area contributed by atoms with Crippen molar-refractivity contribution < 1.29 is 19.2 Å². The van der Waals surface area contributed by atoms with Crippen molar-refractivity contribution in [2.24, 2.45) is 5.10 Å². The summed E-state index contributed by atoms with van der Waals surface area (Å²) in [5.74, 6) is -1.09. The number of fused-ring (bicyclic) bond motifs is 1. The van der Waals surface area contributed by atoms with E-state index in [2.05, 4.69) is 10.5 Å². The van der Waals surface area contributed by atoms with Gasteiger partial charge in [0.1, 0.15) is 5.58 Å². The molecule has 1 amide bonds. The Hall–Kier alpha value is -3.39. The van der Waals surface area contributed by atoms with Gasteiger partial charge in [0.2, 0.25) is 5.75 Å². The van der Waals surface area contributed by atoms with Gasteiger partial charge in [0.05, 0.1) is 11.1 Å². The van der Waals surface area contributed by atoms with Gasteiger partial charge < -0.3 is 9.52 Å². The number of nitrogens with zero attached hydrogens (tertiary/aromatic N) is 2. The Balaban J connectivity index is 1.83. The molecule has 0 spiro atoms. The minimum Gasteiger partial charge on any atom is -0.502 e. The number of aromatic hydroxyl groups is 1. The van der Waals surface area contributed by atoms with Crippen LogP contribution in [0, 0.1) is 17.0 Å². The zero-order valence-corrected chi connectivity index (χ0v) is 14.1. The van der Waals surface area contributed by atoms with Crippen molar-refractivity contribution in [2.75, 3.05) is 0 Å². The van der Waals surface area contributed by atoms with Crippen molar-refractivity contribution in [2.45, 2.75) is 6.92 Å². The van der Waals surface area contributed by atoms with Gasteiger partial charge in [0.15, 0.2) is 5.76 Å². The quantitative estimate of drug-likeness (QED) is 0.410. The van der Waals surface area contributed by atoms with Gasteiger partial charge in [0.25, 0.3) is 0 Å². The highest BCUT2D eigenvalue weighted by Crippen LogP contribution is 2.32. The third-order valence-corrected chi connectivity index (χ3v) is 3.92. The van der Waals surface area contributed by atoms with Crippen molar-refractivity contribution in [1.29, 1.82) is 0 Å². The normalized spacial score (nSPS) is 11.2. The molecule has 0 aliphatic rings. The van der Waals surface area contributed by atoms with E-state index in [1.165, 1.54) is 6.07 Å². The Labute approximate surface area is 151 Å². The van der Waals surface area contributed by atoms with Gasteiger partial charge in [-0.2, -0.15) is 5.10 Å². The number of nitro groups is 1. The van der Waals surface area contributed by atoms with Gasteiger partial charge in [-0.05, 0) is 19.1 Å². The summed E-state index contributed by atoms with van der Waals surface area (Å²) in [5, 5.41) is 25.3. The smallest absolute Gasteiger partial charge is 0.312 e. The van der Waals surface area contributed by atoms with Crippen LogP contribution >= 0.6 is 11.6 Å². The first-order valence-electron chi connectivity index (χ1n) is 7.37. The van der Waals surface area contributed by atoms with Crippen LogP contribution in [0.3, 0.4) is 0 Å². The Morgan fingerprint density at radius 3 is 2.81 bits per heavy atom. The molecule has 2 aromatic carbocycles. The van der Waals surface area contributed by atoms with Gasteiger partial charge in [-0.1, -0.05) is 29.8 Å². The molecule has 0 saturated carbocycles. The highest BCUT2D eigenvalue weighted by Gasteiger charge is 2.19. The third-order valence-electron chi connectivity index (χ3n) is 3.70. The molecule has 0 radical (unpaired) electrons. The number of aryl methyl sites for hydroxylation is 1. The summed E-state index contributed by atoms with van der Waals surface area (Å²) in [5.41, 5.74) is 2.92. The number of hydrazone groups is 1. The van der Waals surface area contributed by atoms with Crippen LogP contribution in [0.15, 0.2) is 45.9 Å². The van der Waals surface area contributed by atoms with Crippen LogP contribution in [0.4, 0.5) is 5.69 Å². The van der Waals surface area contributed by atoms with E-state index in [1.807, 2.05) is 12.1 Å². The van der Waals surface area contributed by atoms with Crippen molar-refractivity contribution >= 4 is 40.4 Å². The molecule has 0 aliphatic heterocycles. The molecule has 0 aliphatic carbocycles. The topological polar surface area (TPSA) is 118 Å². The standard InChI is InChI=1S/C17H12ClN3O5/c1-9-12-4-2-3-5-14(12)26-16(9)17(23)20-19-8-10-6-11(18)7-13(15(10)22)21(24)25/h2-8,22H,1H3,(H,20,23)/b19-8-. The summed E-state index contributed by atoms with van der Waals surface area (Å²) in [6, 6.07) is 9.50. The maximum atomic E-state index is 12.2. The number of amides is 1. The summed E-state index contributed by atoms with van der Waals surface area (Å²) < 4.78 is 5.51. The molecule has 26 heavy (non-hydrogen) atoms. The summed E-state index contributed by atoms with van der Waals surface area (Å²) in [6.45, 7) is 1.75. The fourth-order valence-electron chi connectivity index (χ4n) is 2.45. The number of halogens is 1. The minimum atomic E-state index is -0.769. The Morgan fingerprint density at radius 1 is 1.38 bits per heavy atom. The number of carbonyl (C=O) groups excluding carboxylic acids is 1. The zero-order valence-electron chi connectivity index (χ0n) is 13.4. The number of nitro benzene ring substituents is 1. The number of nitrogens with one attached hydrogen (secondary N) is 1. The minimum absolute atomic E-state index is 0.00849. The lowest BCUT2D eigenvalue weighted by atomic mass is 10.1. The molecule has 0 atom stereocenters. The molecule has 1 aromatic heterocycles. The molecule has 0 fully saturated rings. The number of hydrogen-bond donors (Lipinski definition) is 2. The molecule has 9 heteroatoms. The van der Waals surface area contributed by atoms with Crippen LogP contribution in [0.25, 0.3) is 11.0 Å². The van der Waals surface area contributed by atoms with Gasteiger partial charge in [-0.3, -0.25) is 14.9 Å². The average molecular weight is 374 g/mol. The number of hydrogen-bond acceptors (Lipinski definition) is 6. The Morgan fingerprint density at radius 2 is 2.12 bits per heavy atom. The fraction of sp³-hybridized carbons (Fsp3) is 0.0588. The van der Waals surface area contributed by atoms with Crippen LogP contribution in [0.5, 0.6) is 5.75 Å². The molecule has 0 saturated heterocycles. The maximum Gasteiger partial charge on any atom is 0.312 e. The van der Waals surface area contributed by atoms with Gasteiger partial charge in [0, 0.05) is 27.6 Å². The van der Waals surface area contributed by atoms with Crippen LogP contribution in [-0.4, -0.2) is 22.2 Å². The van der Waals surface area contributed by atoms with Crippen LogP contribution in [0.1, 0.15) is 21.7 Å². The number of rotatable bonds is 4. The van der Waals surface area contributed by atoms with Crippen molar-refractivity contribution in [1.82, 2.24) is 5.43 Å². The SMILES string of the molecule is Cc1c(C(=O)N/N=C\c2cc(Cl)cc([N+](=O)[O-])c2O)oc2ccccc12. The van der Waals surface area contributed by atoms with E-state index in [-0.39, 0.29) is 16.3 Å². The van der Waals surface area contributed by atoms with E-state index >= 15 is 0 Å². The number of benzene rings is 2. The lowest BCUT2D eigenvalue weighted by Gasteiger charge is -2.02. The second-order valence-corrected chi connectivity index (χ2v) is 5.81. The molecule has 132 valence electrons. The molecule has 0 unspecified atom stereocenters. The Kier molecular flexibility index (Phi) is 4.59. The number of phenolic OH excluding ortho intramolecular Hbond substituents is 1. The summed E-state index contributed by atoms with van der Waals surface area (Å²) in [4.78, 5) is 22.3. The van der Waals surface area contributed by atoms with E-state index in [1.54, 1.807) is 19.1 Å². The van der Waals surface area contributed by atoms with Crippen LogP contribution in [0.2, 0.25) is 5.02 Å². The number of para-hydroxylation sites is 1. The van der Waals surface area contributed by atoms with E-state index in [4.69, 9.17) is 16.0 Å². The predicted octanol–water partition coefficient (Wildman–Crippen LogP) is 3.77. The molecule has 3 rings (SSSR count). The highest BCUT2D eigenvalue weighted by molar-refractivity contribution is 6.31. The van der Waals surface area contributed by atoms with Crippen molar-refractivity contribution in [3.8, 4) is 5.75 Å². The van der Waals surface area contributed by atoms with Gasteiger partial charge in [-0.15, -0.1) is 0 Å². The molecule has 8 nitrogen and oxygen atoms in total. The molecule has 3 aromatic rings. The zero-order chi connectivity index (χ0) is 18.8. The number of carbonyl (C=O) groups is 1. The van der Waals surface area contributed by atoms with E-state index in [9.17, 15) is 20.0 Å². The summed E-state index contributed by atoms with van der Waals surface area (Å²) >= 11 is 5.79. The predicted molar refractivity (Wildman–Crippen MR) is 95.8 cm³/mol. The molecule has 1 heterocycles. The summed E-state index contributed by atoms with van der Waals surface area (Å²) in [6.07, 6.45) is 1.06. The first-order chi connectivity index (χ1) is 12.4. The fourth-order valence-corrected chi connectivity index (χ4v) is 2.67. The first kappa shape index (κ1) is 17.4. The molecule has 0 bridgehead atoms. The lowest BCUT2D eigenvalue weighted by molar-refractivity contribution is -0.385. The first-order valence-corrected chi connectivity index (χ1v) is 7.74. The van der Waals surface area contributed by atoms with Gasteiger partial charge >= 0.3 is 11.6 Å². The van der Waals surface area contributed by atoms with E-state index < -0.39 is 22.3 Å². The van der Waals surface area contributed by atoms with Crippen molar-refractivity contribution in [3.05, 3.63) is 68.4 Å². The lowest BCUT2D eigenvalue weighted by Crippen LogP contribution is -2.17. The monoisotopic (exact) mass is 373 g/mol. The largest absolute Gasteiger partial charge is 0.502 e. The second kappa shape index (κ2) is 6.85. The summed E-state index contributed by atoms with van der Waals surface area (Å²) in [7, 11) is 0. The molecular weight excluding hydrogens is 362 g/mol. The van der Waals surface area contributed by atoms with Gasteiger partial charge in [-0.25, -0.2) is 5.43 Å². The van der Waals surface area contributed by atoms with E-state index in [0.29, 0.717) is 11.1 Å². The van der Waals surface area contributed by atoms with Crippen molar-refractivity contribution in [3.63, 3.8) is 0 Å². The number of furan rings is 1. The van der Waals surface area contributed by atoms with E-state index in [0.717, 1.165) is 17.7 Å². The second-order valence-electron chi connectivity index (χ2n) is 5.37. The molecule has 2 N–H and O–H groups in total. The average Bonchev–Trinajstić information content (AvgIpc) is 2.94. The maximum absolute atomic E-state index is 12.2. The van der Waals surface area contributed by atoms with Crippen LogP contribution < -0.4 is 5.43 Å². The number of phenols is 1. The third kappa shape index (κ3) is 3.22. The van der Waals surface area contributed by atoms with Crippen LogP contribution in [-0.2, 0) is 0 Å².